The molecule has 0 spiro atoms. The van der Waals surface area contributed by atoms with Gasteiger partial charge in [0.2, 0.25) is 0 Å². The second kappa shape index (κ2) is 7.18. The van der Waals surface area contributed by atoms with Crippen molar-refractivity contribution >= 4 is 21.6 Å². The van der Waals surface area contributed by atoms with Crippen molar-refractivity contribution in [3.63, 3.8) is 0 Å². The Balaban J connectivity index is 1.84. The van der Waals surface area contributed by atoms with Gasteiger partial charge in [0.05, 0.1) is 37.4 Å². The highest BCUT2D eigenvalue weighted by Gasteiger charge is 2.21. The van der Waals surface area contributed by atoms with E-state index in [4.69, 9.17) is 14.2 Å². The molecule has 4 heterocycles. The minimum Gasteiger partial charge on any atom is -0.379 e. The fraction of sp³-hybridized carbons (Fsp3) is 0.526. The molecule has 3 aromatic heterocycles. The Hall–Kier alpha value is -2.03. The lowest BCUT2D eigenvalue weighted by atomic mass is 10.2. The van der Waals surface area contributed by atoms with Crippen molar-refractivity contribution in [3.05, 3.63) is 43.6 Å². The zero-order valence-corrected chi connectivity index (χ0v) is 17.0. The number of thiophene rings is 1. The zero-order valence-electron chi connectivity index (χ0n) is 16.2. The molecule has 4 rings (SSSR count). The molecule has 7 nitrogen and oxygen atoms in total. The van der Waals surface area contributed by atoms with Crippen LogP contribution >= 0.6 is 11.3 Å². The molecule has 3 aromatic rings. The molecule has 0 amide bonds. The van der Waals surface area contributed by atoms with Gasteiger partial charge in [-0.25, -0.2) is 4.98 Å². The Bertz CT molecular complexity index is 1020. The molecule has 8 heteroatoms. The number of aromatic nitrogens is 3. The fourth-order valence-electron chi connectivity index (χ4n) is 3.50. The first-order chi connectivity index (χ1) is 13.0. The molecule has 1 aliphatic heterocycles. The first-order valence-corrected chi connectivity index (χ1v) is 9.98. The van der Waals surface area contributed by atoms with Crippen molar-refractivity contribution in [1.29, 1.82) is 0 Å². The molecular formula is C19H24N4O3S. The summed E-state index contributed by atoms with van der Waals surface area (Å²) in [5, 5.41) is 4.77. The van der Waals surface area contributed by atoms with Crippen LogP contribution in [0.4, 0.5) is 0 Å². The van der Waals surface area contributed by atoms with Crippen molar-refractivity contribution < 1.29 is 9.26 Å². The highest BCUT2D eigenvalue weighted by molar-refractivity contribution is 7.18. The van der Waals surface area contributed by atoms with Gasteiger partial charge in [-0.15, -0.1) is 11.3 Å². The topological polar surface area (TPSA) is 73.4 Å². The van der Waals surface area contributed by atoms with Crippen molar-refractivity contribution in [1.82, 2.24) is 19.6 Å². The maximum atomic E-state index is 13.4. The Morgan fingerprint density at radius 2 is 1.85 bits per heavy atom. The summed E-state index contributed by atoms with van der Waals surface area (Å²) < 4.78 is 12.5. The van der Waals surface area contributed by atoms with Crippen LogP contribution in [0.5, 0.6) is 0 Å². The average Bonchev–Trinajstić information content (AvgIpc) is 3.11. The first kappa shape index (κ1) is 18.3. The number of nitrogens with zero attached hydrogens (tertiary/aromatic N) is 4. The van der Waals surface area contributed by atoms with Gasteiger partial charge in [0.15, 0.2) is 0 Å². The molecular weight excluding hydrogens is 364 g/mol. The van der Waals surface area contributed by atoms with Crippen molar-refractivity contribution in [2.45, 2.75) is 40.8 Å². The molecule has 0 bridgehead atoms. The number of ether oxygens (including phenoxy) is 1. The molecule has 0 aliphatic carbocycles. The van der Waals surface area contributed by atoms with E-state index in [9.17, 15) is 4.79 Å². The van der Waals surface area contributed by atoms with Gasteiger partial charge in [-0.2, -0.15) is 0 Å². The molecule has 0 radical (unpaired) electrons. The highest BCUT2D eigenvalue weighted by Crippen LogP contribution is 2.27. The van der Waals surface area contributed by atoms with Gasteiger partial charge < -0.3 is 9.26 Å². The molecule has 0 atom stereocenters. The molecule has 0 unspecified atom stereocenters. The lowest BCUT2D eigenvalue weighted by Crippen LogP contribution is -2.38. The summed E-state index contributed by atoms with van der Waals surface area (Å²) in [6, 6.07) is 0. The van der Waals surface area contributed by atoms with Gasteiger partial charge in [-0.1, -0.05) is 5.16 Å². The molecule has 144 valence electrons. The Morgan fingerprint density at radius 1 is 1.11 bits per heavy atom. The van der Waals surface area contributed by atoms with Crippen LogP contribution in [0.25, 0.3) is 10.2 Å². The molecule has 27 heavy (non-hydrogen) atoms. The van der Waals surface area contributed by atoms with Crippen LogP contribution in [-0.4, -0.2) is 45.9 Å². The van der Waals surface area contributed by atoms with E-state index in [1.165, 1.54) is 0 Å². The number of rotatable bonds is 4. The maximum Gasteiger partial charge on any atom is 0.262 e. The minimum absolute atomic E-state index is 0.0186. The smallest absolute Gasteiger partial charge is 0.262 e. The summed E-state index contributed by atoms with van der Waals surface area (Å²) in [5.41, 5.74) is 2.81. The van der Waals surface area contributed by atoms with E-state index in [0.29, 0.717) is 26.3 Å². The van der Waals surface area contributed by atoms with E-state index in [2.05, 4.69) is 10.1 Å². The summed E-state index contributed by atoms with van der Waals surface area (Å²) >= 11 is 1.59. The largest absolute Gasteiger partial charge is 0.379 e. The van der Waals surface area contributed by atoms with E-state index in [1.54, 1.807) is 15.9 Å². The predicted molar refractivity (Wildman–Crippen MR) is 105 cm³/mol. The van der Waals surface area contributed by atoms with Crippen LogP contribution in [0.2, 0.25) is 0 Å². The Morgan fingerprint density at radius 3 is 2.52 bits per heavy atom. The van der Waals surface area contributed by atoms with E-state index in [0.717, 1.165) is 56.6 Å². The van der Waals surface area contributed by atoms with Crippen LogP contribution in [0, 0.1) is 27.7 Å². The number of fused-ring (bicyclic) bond motifs is 1. The third kappa shape index (κ3) is 3.33. The van der Waals surface area contributed by atoms with Gasteiger partial charge >= 0.3 is 0 Å². The average molecular weight is 388 g/mol. The molecule has 1 fully saturated rings. The maximum absolute atomic E-state index is 13.4. The van der Waals surface area contributed by atoms with Crippen LogP contribution in [0.15, 0.2) is 9.32 Å². The van der Waals surface area contributed by atoms with Crippen molar-refractivity contribution in [3.8, 4) is 0 Å². The third-order valence-electron chi connectivity index (χ3n) is 5.33. The molecule has 0 N–H and O–H groups in total. The van der Waals surface area contributed by atoms with Crippen molar-refractivity contribution in [2.24, 2.45) is 0 Å². The van der Waals surface area contributed by atoms with Gasteiger partial charge in [0, 0.05) is 23.5 Å². The van der Waals surface area contributed by atoms with Gasteiger partial charge in [-0.05, 0) is 33.3 Å². The van der Waals surface area contributed by atoms with E-state index < -0.39 is 0 Å². The quantitative estimate of drug-likeness (QED) is 0.684. The van der Waals surface area contributed by atoms with Crippen LogP contribution in [0.1, 0.15) is 33.3 Å². The predicted octanol–water partition coefficient (Wildman–Crippen LogP) is 2.56. The van der Waals surface area contributed by atoms with Crippen LogP contribution in [-0.2, 0) is 17.8 Å². The standard InChI is InChI=1S/C19H24N4O3S/c1-11-14(4)27-18-17(11)19(24)23(9-15-12(2)21-26-13(15)3)16(20-18)10-22-5-7-25-8-6-22/h5-10H2,1-4H3. The minimum atomic E-state index is 0.0186. The zero-order chi connectivity index (χ0) is 19.1. The van der Waals surface area contributed by atoms with E-state index in [1.807, 2.05) is 27.7 Å². The van der Waals surface area contributed by atoms with Gasteiger partial charge in [0.25, 0.3) is 5.56 Å². The number of hydrogen-bond donors (Lipinski definition) is 0. The second-order valence-electron chi connectivity index (χ2n) is 7.07. The van der Waals surface area contributed by atoms with E-state index in [-0.39, 0.29) is 5.56 Å². The van der Waals surface area contributed by atoms with Gasteiger partial charge in [-0.3, -0.25) is 14.3 Å². The lowest BCUT2D eigenvalue weighted by molar-refractivity contribution is 0.0325. The number of aryl methyl sites for hydroxylation is 4. The summed E-state index contributed by atoms with van der Waals surface area (Å²) in [7, 11) is 0. The molecule has 1 aliphatic rings. The molecule has 0 aromatic carbocycles. The molecule has 1 saturated heterocycles. The van der Waals surface area contributed by atoms with Crippen LogP contribution < -0.4 is 5.56 Å². The lowest BCUT2D eigenvalue weighted by Gasteiger charge is -2.27. The SMILES string of the molecule is Cc1noc(C)c1Cn1c(CN2CCOCC2)nc2sc(C)c(C)c2c1=O. The first-order valence-electron chi connectivity index (χ1n) is 9.17. The monoisotopic (exact) mass is 388 g/mol. The Kier molecular flexibility index (Phi) is 4.88. The molecule has 0 saturated carbocycles. The number of morpholine rings is 1. The summed E-state index contributed by atoms with van der Waals surface area (Å²) in [5.74, 6) is 1.53. The summed E-state index contributed by atoms with van der Waals surface area (Å²) in [6.07, 6.45) is 0. The fourth-order valence-corrected chi connectivity index (χ4v) is 4.54. The second-order valence-corrected chi connectivity index (χ2v) is 8.28. The number of hydrogen-bond acceptors (Lipinski definition) is 7. The Labute approximate surface area is 161 Å². The summed E-state index contributed by atoms with van der Waals surface area (Å²) in [6.45, 7) is 12.0. The highest BCUT2D eigenvalue weighted by atomic mass is 32.1. The van der Waals surface area contributed by atoms with Crippen LogP contribution in [0.3, 0.4) is 0 Å². The van der Waals surface area contributed by atoms with E-state index >= 15 is 0 Å². The van der Waals surface area contributed by atoms with Gasteiger partial charge in [0.1, 0.15) is 16.4 Å². The summed E-state index contributed by atoms with van der Waals surface area (Å²) in [4.78, 5) is 22.6. The van der Waals surface area contributed by atoms with Crippen molar-refractivity contribution in [2.75, 3.05) is 26.3 Å². The normalized spacial score (nSPS) is 15.7. The third-order valence-corrected chi connectivity index (χ3v) is 6.44.